The number of rotatable bonds is 6. The summed E-state index contributed by atoms with van der Waals surface area (Å²) < 4.78 is 14.8. The molecule has 1 aliphatic heterocycles. The second-order valence-corrected chi connectivity index (χ2v) is 7.75. The van der Waals surface area contributed by atoms with Crippen molar-refractivity contribution < 1.29 is 19.1 Å². The van der Waals surface area contributed by atoms with E-state index in [0.717, 1.165) is 23.6 Å². The molecular weight excluding hydrogens is 393 g/mol. The van der Waals surface area contributed by atoms with Gasteiger partial charge < -0.3 is 10.0 Å². The zero-order valence-corrected chi connectivity index (χ0v) is 17.3. The molecular formula is C26H24FNO3. The zero-order chi connectivity index (χ0) is 22.0. The lowest BCUT2D eigenvalue weighted by atomic mass is 9.93. The van der Waals surface area contributed by atoms with Crippen molar-refractivity contribution in [2.75, 3.05) is 6.54 Å². The van der Waals surface area contributed by atoms with E-state index >= 15 is 0 Å². The van der Waals surface area contributed by atoms with Crippen LogP contribution in [0.25, 0.3) is 16.5 Å². The molecule has 0 saturated carbocycles. The molecule has 4 nitrogen and oxygen atoms in total. The molecule has 5 heteroatoms. The molecule has 1 saturated heterocycles. The number of nitrogens with zero attached hydrogens (tertiary/aromatic N) is 1. The van der Waals surface area contributed by atoms with Crippen molar-refractivity contribution in [3.8, 4) is 0 Å². The van der Waals surface area contributed by atoms with Crippen LogP contribution >= 0.6 is 0 Å². The minimum Gasteiger partial charge on any atom is -0.507 e. The maximum atomic E-state index is 14.8. The van der Waals surface area contributed by atoms with Crippen LogP contribution in [-0.4, -0.2) is 28.2 Å². The van der Waals surface area contributed by atoms with E-state index in [1.807, 2.05) is 37.3 Å². The number of hydrogen-bond acceptors (Lipinski definition) is 3. The van der Waals surface area contributed by atoms with Gasteiger partial charge in [0, 0.05) is 17.7 Å². The number of ketones is 1. The fraction of sp³-hybridized carbons (Fsp3) is 0.231. The molecule has 31 heavy (non-hydrogen) atoms. The lowest BCUT2D eigenvalue weighted by Crippen LogP contribution is -2.31. The molecule has 1 amide bonds. The lowest BCUT2D eigenvalue weighted by molar-refractivity contribution is -0.139. The quantitative estimate of drug-likeness (QED) is 0.246. The van der Waals surface area contributed by atoms with Gasteiger partial charge in [-0.2, -0.15) is 0 Å². The first-order chi connectivity index (χ1) is 15.0. The number of aliphatic hydroxyl groups is 1. The summed E-state index contributed by atoms with van der Waals surface area (Å²) in [5.41, 5.74) is 0.592. The van der Waals surface area contributed by atoms with Crippen molar-refractivity contribution in [1.82, 2.24) is 4.90 Å². The van der Waals surface area contributed by atoms with Crippen LogP contribution in [0.1, 0.15) is 43.4 Å². The first kappa shape index (κ1) is 20.8. The highest BCUT2D eigenvalue weighted by atomic mass is 19.1. The summed E-state index contributed by atoms with van der Waals surface area (Å²) in [6.07, 6.45) is 2.53. The van der Waals surface area contributed by atoms with E-state index in [2.05, 4.69) is 0 Å². The average molecular weight is 417 g/mol. The highest BCUT2D eigenvalue weighted by molar-refractivity contribution is 6.46. The zero-order valence-electron chi connectivity index (χ0n) is 17.3. The number of carbonyl (C=O) groups excluding carboxylic acids is 2. The van der Waals surface area contributed by atoms with E-state index < -0.39 is 23.5 Å². The minimum absolute atomic E-state index is 0.0667. The molecule has 3 aromatic rings. The van der Waals surface area contributed by atoms with Gasteiger partial charge in [0.2, 0.25) is 0 Å². The monoisotopic (exact) mass is 417 g/mol. The van der Waals surface area contributed by atoms with Crippen molar-refractivity contribution in [3.63, 3.8) is 0 Å². The van der Waals surface area contributed by atoms with Gasteiger partial charge in [0.25, 0.3) is 11.7 Å². The van der Waals surface area contributed by atoms with Crippen LogP contribution in [0.5, 0.6) is 0 Å². The SMILES string of the molecule is CCCCCN1C(=O)C(=O)/C(=C(/O)c2cccc3ccccc23)C1c1ccccc1F. The fourth-order valence-electron chi connectivity index (χ4n) is 4.24. The van der Waals surface area contributed by atoms with Crippen molar-refractivity contribution in [2.45, 2.75) is 32.2 Å². The minimum atomic E-state index is -0.961. The Labute approximate surface area is 180 Å². The summed E-state index contributed by atoms with van der Waals surface area (Å²) in [6, 6.07) is 18.0. The second kappa shape index (κ2) is 8.72. The fourth-order valence-corrected chi connectivity index (χ4v) is 4.24. The number of carbonyl (C=O) groups is 2. The molecule has 4 rings (SSSR count). The van der Waals surface area contributed by atoms with Crippen molar-refractivity contribution >= 4 is 28.2 Å². The van der Waals surface area contributed by atoms with Gasteiger partial charge in [0.05, 0.1) is 11.6 Å². The van der Waals surface area contributed by atoms with Gasteiger partial charge in [0.1, 0.15) is 11.6 Å². The predicted molar refractivity (Wildman–Crippen MR) is 119 cm³/mol. The average Bonchev–Trinajstić information content (AvgIpc) is 3.03. The summed E-state index contributed by atoms with van der Waals surface area (Å²) in [5, 5.41) is 12.9. The molecule has 0 aliphatic carbocycles. The van der Waals surface area contributed by atoms with Gasteiger partial charge in [-0.05, 0) is 23.3 Å². The molecule has 1 fully saturated rings. The molecule has 0 radical (unpaired) electrons. The van der Waals surface area contributed by atoms with Gasteiger partial charge >= 0.3 is 0 Å². The van der Waals surface area contributed by atoms with E-state index in [9.17, 15) is 19.1 Å². The van der Waals surface area contributed by atoms with Crippen LogP contribution in [-0.2, 0) is 9.59 Å². The number of fused-ring (bicyclic) bond motifs is 1. The Balaban J connectivity index is 1.92. The van der Waals surface area contributed by atoms with Gasteiger partial charge in [-0.1, -0.05) is 80.4 Å². The summed E-state index contributed by atoms with van der Waals surface area (Å²) in [7, 11) is 0. The van der Waals surface area contributed by atoms with Crippen LogP contribution in [0, 0.1) is 5.82 Å². The topological polar surface area (TPSA) is 57.6 Å². The standard InChI is InChI=1S/C26H24FNO3/c1-2-3-8-16-28-23(20-13-6-7-15-21(20)27)22(25(30)26(28)31)24(29)19-14-9-11-17-10-4-5-12-18(17)19/h4-7,9-15,23,29H,2-3,8,16H2,1H3/b24-22+. The molecule has 3 aromatic carbocycles. The van der Waals surface area contributed by atoms with Gasteiger partial charge in [0.15, 0.2) is 0 Å². The predicted octanol–water partition coefficient (Wildman–Crippen LogP) is 5.59. The summed E-state index contributed by atoms with van der Waals surface area (Å²) in [5.74, 6) is -2.28. The highest BCUT2D eigenvalue weighted by Crippen LogP contribution is 2.41. The Bertz CT molecular complexity index is 1180. The number of amides is 1. The molecule has 1 unspecified atom stereocenters. The van der Waals surface area contributed by atoms with Crippen LogP contribution in [0.15, 0.2) is 72.3 Å². The molecule has 1 N–H and O–H groups in total. The van der Waals surface area contributed by atoms with E-state index in [1.165, 1.54) is 11.0 Å². The maximum absolute atomic E-state index is 14.8. The third-order valence-corrected chi connectivity index (χ3v) is 5.79. The van der Waals surface area contributed by atoms with Gasteiger partial charge in [-0.3, -0.25) is 9.59 Å². The van der Waals surface area contributed by atoms with Crippen LogP contribution < -0.4 is 0 Å². The van der Waals surface area contributed by atoms with E-state index in [0.29, 0.717) is 18.5 Å². The van der Waals surface area contributed by atoms with Crippen LogP contribution in [0.3, 0.4) is 0 Å². The van der Waals surface area contributed by atoms with Crippen LogP contribution in [0.2, 0.25) is 0 Å². The first-order valence-electron chi connectivity index (χ1n) is 10.6. The number of unbranched alkanes of at least 4 members (excludes halogenated alkanes) is 2. The van der Waals surface area contributed by atoms with Gasteiger partial charge in [-0.15, -0.1) is 0 Å². The molecule has 0 spiro atoms. The number of benzene rings is 3. The highest BCUT2D eigenvalue weighted by Gasteiger charge is 2.46. The second-order valence-electron chi connectivity index (χ2n) is 7.75. The number of likely N-dealkylation sites (tertiary alicyclic amines) is 1. The Morgan fingerprint density at radius 2 is 1.68 bits per heavy atom. The summed E-state index contributed by atoms with van der Waals surface area (Å²) in [6.45, 7) is 2.37. The Kier molecular flexibility index (Phi) is 5.85. The Morgan fingerprint density at radius 1 is 0.968 bits per heavy atom. The van der Waals surface area contributed by atoms with Gasteiger partial charge in [-0.25, -0.2) is 4.39 Å². The molecule has 0 aromatic heterocycles. The number of Topliss-reactive ketones (excluding diaryl/α,β-unsaturated/α-hetero) is 1. The van der Waals surface area contributed by atoms with E-state index in [-0.39, 0.29) is 16.9 Å². The Morgan fingerprint density at radius 3 is 2.45 bits per heavy atom. The lowest BCUT2D eigenvalue weighted by Gasteiger charge is -2.25. The summed E-state index contributed by atoms with van der Waals surface area (Å²) >= 11 is 0. The smallest absolute Gasteiger partial charge is 0.295 e. The molecule has 0 bridgehead atoms. The normalized spacial score (nSPS) is 18.1. The van der Waals surface area contributed by atoms with Crippen molar-refractivity contribution in [2.24, 2.45) is 0 Å². The van der Waals surface area contributed by atoms with Crippen molar-refractivity contribution in [1.29, 1.82) is 0 Å². The third kappa shape index (κ3) is 3.72. The van der Waals surface area contributed by atoms with E-state index in [1.54, 1.807) is 30.3 Å². The molecule has 158 valence electrons. The molecule has 1 heterocycles. The maximum Gasteiger partial charge on any atom is 0.295 e. The number of halogens is 1. The summed E-state index contributed by atoms with van der Waals surface area (Å²) in [4.78, 5) is 27.4. The molecule has 1 atom stereocenters. The van der Waals surface area contributed by atoms with Crippen molar-refractivity contribution in [3.05, 3.63) is 89.2 Å². The van der Waals surface area contributed by atoms with Crippen LogP contribution in [0.4, 0.5) is 4.39 Å². The largest absolute Gasteiger partial charge is 0.507 e. The molecule has 1 aliphatic rings. The number of aliphatic hydroxyl groups excluding tert-OH is 1. The Hall–Kier alpha value is -3.47. The number of hydrogen-bond donors (Lipinski definition) is 1. The third-order valence-electron chi connectivity index (χ3n) is 5.79. The van der Waals surface area contributed by atoms with E-state index in [4.69, 9.17) is 0 Å². The first-order valence-corrected chi connectivity index (χ1v) is 10.6.